The average molecular weight is 417 g/mol. The van der Waals surface area contributed by atoms with Crippen molar-refractivity contribution in [3.8, 4) is 5.75 Å². The third-order valence-corrected chi connectivity index (χ3v) is 6.65. The van der Waals surface area contributed by atoms with E-state index in [-0.39, 0.29) is 34.2 Å². The van der Waals surface area contributed by atoms with Gasteiger partial charge in [0.2, 0.25) is 5.43 Å². The van der Waals surface area contributed by atoms with Gasteiger partial charge in [0.1, 0.15) is 11.3 Å². The minimum absolute atomic E-state index is 0.0344. The van der Waals surface area contributed by atoms with Crippen LogP contribution in [0.4, 0.5) is 10.1 Å². The SMILES string of the molecule is CCN(CCC1(C)CC1N)c1c(F)cc2c(=O)c(C(=O)O)cn(C3CC3)c2c1OC. The molecule has 3 N–H and O–H groups in total. The van der Waals surface area contributed by atoms with Crippen molar-refractivity contribution in [1.29, 1.82) is 0 Å². The first-order chi connectivity index (χ1) is 14.2. The number of carbonyl (C=O) groups is 1. The smallest absolute Gasteiger partial charge is 0.341 e. The van der Waals surface area contributed by atoms with Crippen molar-refractivity contribution < 1.29 is 19.0 Å². The van der Waals surface area contributed by atoms with Gasteiger partial charge in [0, 0.05) is 31.4 Å². The molecular weight excluding hydrogens is 389 g/mol. The van der Waals surface area contributed by atoms with Gasteiger partial charge >= 0.3 is 5.97 Å². The summed E-state index contributed by atoms with van der Waals surface area (Å²) in [5, 5.41) is 9.48. The Morgan fingerprint density at radius 1 is 1.47 bits per heavy atom. The Hall–Kier alpha value is -2.61. The molecule has 0 aliphatic heterocycles. The van der Waals surface area contributed by atoms with Crippen LogP contribution in [0.15, 0.2) is 17.1 Å². The highest BCUT2D eigenvalue weighted by atomic mass is 19.1. The highest BCUT2D eigenvalue weighted by Crippen LogP contribution is 2.48. The molecule has 2 aromatic rings. The lowest BCUT2D eigenvalue weighted by Gasteiger charge is -2.28. The van der Waals surface area contributed by atoms with Crippen LogP contribution in [0.2, 0.25) is 0 Å². The number of nitrogens with zero attached hydrogens (tertiary/aromatic N) is 2. The molecule has 2 saturated carbocycles. The average Bonchev–Trinajstić information content (AvgIpc) is 3.62. The predicted octanol–water partition coefficient (Wildman–Crippen LogP) is 3.14. The van der Waals surface area contributed by atoms with Crippen LogP contribution in [0.3, 0.4) is 0 Å². The summed E-state index contributed by atoms with van der Waals surface area (Å²) < 4.78 is 22.8. The van der Waals surface area contributed by atoms with Gasteiger partial charge in [0.25, 0.3) is 0 Å². The number of ether oxygens (including phenoxy) is 1. The molecule has 0 bridgehead atoms. The Morgan fingerprint density at radius 3 is 2.63 bits per heavy atom. The molecule has 1 aromatic heterocycles. The van der Waals surface area contributed by atoms with Crippen molar-refractivity contribution in [3.05, 3.63) is 33.9 Å². The number of rotatable bonds is 8. The molecule has 162 valence electrons. The number of anilines is 1. The first kappa shape index (κ1) is 20.7. The van der Waals surface area contributed by atoms with Gasteiger partial charge in [-0.2, -0.15) is 0 Å². The molecule has 7 nitrogen and oxygen atoms in total. The molecule has 2 atom stereocenters. The topological polar surface area (TPSA) is 97.8 Å². The number of hydrogen-bond donors (Lipinski definition) is 2. The summed E-state index contributed by atoms with van der Waals surface area (Å²) in [6, 6.07) is 1.42. The lowest BCUT2D eigenvalue weighted by molar-refractivity contribution is 0.0695. The Morgan fingerprint density at radius 2 is 2.13 bits per heavy atom. The number of fused-ring (bicyclic) bond motifs is 1. The van der Waals surface area contributed by atoms with Crippen LogP contribution in [0.1, 0.15) is 55.9 Å². The maximum absolute atomic E-state index is 15.3. The summed E-state index contributed by atoms with van der Waals surface area (Å²) >= 11 is 0. The number of nitrogens with two attached hydrogens (primary N) is 1. The second-order valence-corrected chi connectivity index (χ2v) is 8.75. The second kappa shape index (κ2) is 7.27. The molecule has 1 heterocycles. The van der Waals surface area contributed by atoms with Gasteiger partial charge in [-0.1, -0.05) is 6.92 Å². The molecule has 0 saturated heterocycles. The monoisotopic (exact) mass is 417 g/mol. The highest BCUT2D eigenvalue weighted by molar-refractivity contribution is 5.97. The van der Waals surface area contributed by atoms with Crippen molar-refractivity contribution in [3.63, 3.8) is 0 Å². The quantitative estimate of drug-likeness (QED) is 0.685. The second-order valence-electron chi connectivity index (χ2n) is 8.75. The van der Waals surface area contributed by atoms with Gasteiger partial charge < -0.3 is 25.0 Å². The summed E-state index contributed by atoms with van der Waals surface area (Å²) in [4.78, 5) is 26.3. The first-order valence-corrected chi connectivity index (χ1v) is 10.4. The number of hydrogen-bond acceptors (Lipinski definition) is 5. The van der Waals surface area contributed by atoms with E-state index in [1.54, 1.807) is 4.57 Å². The number of aromatic carboxylic acids is 1. The molecule has 2 fully saturated rings. The van der Waals surface area contributed by atoms with Crippen LogP contribution >= 0.6 is 0 Å². The van der Waals surface area contributed by atoms with E-state index >= 15 is 4.39 Å². The number of pyridine rings is 1. The van der Waals surface area contributed by atoms with Gasteiger partial charge in [-0.05, 0) is 44.1 Å². The van der Waals surface area contributed by atoms with E-state index in [9.17, 15) is 14.7 Å². The van der Waals surface area contributed by atoms with E-state index in [1.165, 1.54) is 13.3 Å². The van der Waals surface area contributed by atoms with Gasteiger partial charge in [0.15, 0.2) is 11.6 Å². The Kier molecular flexibility index (Phi) is 5.00. The zero-order valence-corrected chi connectivity index (χ0v) is 17.6. The number of benzene rings is 1. The minimum Gasteiger partial charge on any atom is -0.492 e. The number of aromatic nitrogens is 1. The zero-order chi connectivity index (χ0) is 21.8. The normalized spacial score (nSPS) is 22.9. The van der Waals surface area contributed by atoms with E-state index in [4.69, 9.17) is 10.5 Å². The molecule has 30 heavy (non-hydrogen) atoms. The van der Waals surface area contributed by atoms with E-state index in [0.717, 1.165) is 31.7 Å². The summed E-state index contributed by atoms with van der Waals surface area (Å²) in [6.45, 7) is 5.25. The van der Waals surface area contributed by atoms with Gasteiger partial charge in [0.05, 0.1) is 18.0 Å². The van der Waals surface area contributed by atoms with Gasteiger partial charge in [-0.3, -0.25) is 4.79 Å². The van der Waals surface area contributed by atoms with Crippen LogP contribution in [0.25, 0.3) is 10.9 Å². The molecule has 4 rings (SSSR count). The van der Waals surface area contributed by atoms with Crippen LogP contribution in [-0.2, 0) is 0 Å². The Labute approximate surface area is 174 Å². The Balaban J connectivity index is 1.89. The fourth-order valence-electron chi connectivity index (χ4n) is 4.27. The molecular formula is C22H28FN3O4. The van der Waals surface area contributed by atoms with Crippen LogP contribution in [0.5, 0.6) is 5.75 Å². The molecule has 0 amide bonds. The van der Waals surface area contributed by atoms with Crippen molar-refractivity contribution in [1.82, 2.24) is 4.57 Å². The minimum atomic E-state index is -1.32. The van der Waals surface area contributed by atoms with Gasteiger partial charge in [-0.15, -0.1) is 0 Å². The molecule has 8 heteroatoms. The number of carboxylic acids is 1. The van der Waals surface area contributed by atoms with Gasteiger partial charge in [-0.25, -0.2) is 9.18 Å². The fraction of sp³-hybridized carbons (Fsp3) is 0.545. The van der Waals surface area contributed by atoms with Crippen molar-refractivity contribution in [2.45, 2.75) is 51.6 Å². The molecule has 0 radical (unpaired) electrons. The Bertz CT molecular complexity index is 1080. The first-order valence-electron chi connectivity index (χ1n) is 10.4. The largest absolute Gasteiger partial charge is 0.492 e. The number of carboxylic acid groups (broad SMARTS) is 1. The van der Waals surface area contributed by atoms with Crippen molar-refractivity contribution >= 4 is 22.6 Å². The fourth-order valence-corrected chi connectivity index (χ4v) is 4.27. The number of methoxy groups -OCH3 is 1. The molecule has 1 aromatic carbocycles. The van der Waals surface area contributed by atoms with E-state index in [2.05, 4.69) is 6.92 Å². The molecule has 2 aliphatic rings. The zero-order valence-electron chi connectivity index (χ0n) is 17.6. The lowest BCUT2D eigenvalue weighted by Crippen LogP contribution is -2.29. The maximum atomic E-state index is 15.3. The molecule has 2 unspecified atom stereocenters. The summed E-state index contributed by atoms with van der Waals surface area (Å²) in [5.74, 6) is -1.63. The van der Waals surface area contributed by atoms with Crippen LogP contribution < -0.4 is 20.8 Å². The van der Waals surface area contributed by atoms with Crippen molar-refractivity contribution in [2.75, 3.05) is 25.1 Å². The van der Waals surface area contributed by atoms with E-state index in [0.29, 0.717) is 24.3 Å². The standard InChI is InChI=1S/C22H28FN3O4/c1-4-25(8-7-22(2)10-16(22)24)18-15(23)9-13-17(20(18)30-3)26(12-5-6-12)11-14(19(13)27)21(28)29/h9,11-12,16H,4-8,10,24H2,1-3H3,(H,28,29). The lowest BCUT2D eigenvalue weighted by atomic mass is 10.0. The highest BCUT2D eigenvalue weighted by Gasteiger charge is 2.47. The molecule has 0 spiro atoms. The third kappa shape index (κ3) is 3.33. The third-order valence-electron chi connectivity index (χ3n) is 6.65. The number of halogens is 1. The summed E-state index contributed by atoms with van der Waals surface area (Å²) in [5.41, 5.74) is 5.82. The van der Waals surface area contributed by atoms with E-state index in [1.807, 2.05) is 11.8 Å². The van der Waals surface area contributed by atoms with Crippen molar-refractivity contribution in [2.24, 2.45) is 11.1 Å². The molecule has 2 aliphatic carbocycles. The van der Waals surface area contributed by atoms with Crippen LogP contribution in [-0.4, -0.2) is 41.9 Å². The maximum Gasteiger partial charge on any atom is 0.341 e. The van der Waals surface area contributed by atoms with Crippen LogP contribution in [0, 0.1) is 11.2 Å². The summed E-state index contributed by atoms with van der Waals surface area (Å²) in [6.07, 6.45) is 4.91. The summed E-state index contributed by atoms with van der Waals surface area (Å²) in [7, 11) is 1.45. The van der Waals surface area contributed by atoms with E-state index < -0.39 is 17.2 Å². The predicted molar refractivity (Wildman–Crippen MR) is 113 cm³/mol.